The quantitative estimate of drug-likeness (QED) is 0.372. The molecule has 0 bridgehead atoms. The second kappa shape index (κ2) is 12.9. The number of hydrogen-bond donors (Lipinski definition) is 1. The maximum Gasteiger partial charge on any atom is 0.222 e. The summed E-state index contributed by atoms with van der Waals surface area (Å²) >= 11 is 0. The van der Waals surface area contributed by atoms with E-state index in [9.17, 15) is 5.11 Å². The first-order valence-corrected chi connectivity index (χ1v) is 12.2. The first kappa shape index (κ1) is 27.7. The molecule has 1 aromatic heterocycles. The molecule has 0 unspecified atom stereocenters. The molecule has 8 heteroatoms. The molecule has 3 aromatic rings. The van der Waals surface area contributed by atoms with E-state index in [0.29, 0.717) is 37.9 Å². The van der Waals surface area contributed by atoms with Gasteiger partial charge < -0.3 is 24.1 Å². The monoisotopic (exact) mass is 497 g/mol. The highest BCUT2D eigenvalue weighted by molar-refractivity contribution is 5.65. The van der Waals surface area contributed by atoms with Crippen LogP contribution in [0.15, 0.2) is 54.6 Å². The molecule has 0 saturated heterocycles. The van der Waals surface area contributed by atoms with Crippen LogP contribution in [-0.2, 0) is 23.1 Å². The van der Waals surface area contributed by atoms with Crippen LogP contribution in [0.25, 0.3) is 11.3 Å². The molecule has 196 valence electrons. The van der Waals surface area contributed by atoms with Crippen LogP contribution in [0, 0.1) is 0 Å². The van der Waals surface area contributed by atoms with E-state index in [1.54, 1.807) is 18.9 Å². The Morgan fingerprint density at radius 1 is 1.00 bits per heavy atom. The lowest BCUT2D eigenvalue weighted by Gasteiger charge is -2.27. The molecule has 0 aliphatic carbocycles. The maximum absolute atomic E-state index is 10.7. The molecule has 1 atom stereocenters. The standard InChI is InChI=1S/C28H39N3O5/c1-28(2,3)35-20-22(32)18-31(16-17-33-5)19-25-26(21-10-8-7-9-11-21)29-30(4)27(25)36-24-14-12-23(34-6)13-15-24/h7-15,22,32H,16-20H2,1-6H3/t22-/m1/s1. The minimum Gasteiger partial charge on any atom is -0.497 e. The molecule has 1 N–H and O–H groups in total. The van der Waals surface area contributed by atoms with Crippen molar-refractivity contribution in [2.75, 3.05) is 40.5 Å². The summed E-state index contributed by atoms with van der Waals surface area (Å²) in [6.45, 7) is 8.29. The Bertz CT molecular complexity index is 1060. The Balaban J connectivity index is 1.92. The molecule has 1 heterocycles. The minimum absolute atomic E-state index is 0.251. The van der Waals surface area contributed by atoms with Crippen LogP contribution in [0.1, 0.15) is 26.3 Å². The van der Waals surface area contributed by atoms with Crippen LogP contribution in [0.2, 0.25) is 0 Å². The molecular weight excluding hydrogens is 458 g/mol. The van der Waals surface area contributed by atoms with E-state index in [1.165, 1.54) is 0 Å². The minimum atomic E-state index is -0.649. The average molecular weight is 498 g/mol. The Hall–Kier alpha value is -2.91. The number of benzene rings is 2. The van der Waals surface area contributed by atoms with Crippen molar-refractivity contribution in [2.24, 2.45) is 7.05 Å². The molecule has 0 radical (unpaired) electrons. The van der Waals surface area contributed by atoms with E-state index < -0.39 is 6.10 Å². The highest BCUT2D eigenvalue weighted by Gasteiger charge is 2.24. The van der Waals surface area contributed by atoms with Gasteiger partial charge in [0.25, 0.3) is 0 Å². The number of ether oxygens (including phenoxy) is 4. The lowest BCUT2D eigenvalue weighted by molar-refractivity contribution is -0.0576. The second-order valence-corrected chi connectivity index (χ2v) is 9.70. The van der Waals surface area contributed by atoms with Crippen molar-refractivity contribution < 1.29 is 24.1 Å². The van der Waals surface area contributed by atoms with Crippen LogP contribution >= 0.6 is 0 Å². The lowest BCUT2D eigenvalue weighted by Crippen LogP contribution is -2.38. The van der Waals surface area contributed by atoms with Gasteiger partial charge in [0, 0.05) is 39.4 Å². The SMILES string of the molecule is COCCN(Cc1c(-c2ccccc2)nn(C)c1Oc1ccc(OC)cc1)C[C@@H](O)COC(C)(C)C. The number of rotatable bonds is 13. The lowest BCUT2D eigenvalue weighted by atomic mass is 10.1. The average Bonchev–Trinajstić information content (AvgIpc) is 3.16. The number of aliphatic hydroxyl groups excluding tert-OH is 1. The van der Waals surface area contributed by atoms with Gasteiger partial charge in [-0.1, -0.05) is 30.3 Å². The summed E-state index contributed by atoms with van der Waals surface area (Å²) in [7, 11) is 5.19. The van der Waals surface area contributed by atoms with Crippen molar-refractivity contribution in [1.29, 1.82) is 0 Å². The molecule has 0 fully saturated rings. The Kier molecular flexibility index (Phi) is 9.89. The third-order valence-corrected chi connectivity index (χ3v) is 5.58. The summed E-state index contributed by atoms with van der Waals surface area (Å²) in [5, 5.41) is 15.5. The van der Waals surface area contributed by atoms with Gasteiger partial charge >= 0.3 is 0 Å². The molecule has 2 aromatic carbocycles. The predicted molar refractivity (Wildman–Crippen MR) is 141 cm³/mol. The van der Waals surface area contributed by atoms with Gasteiger partial charge in [-0.2, -0.15) is 5.10 Å². The zero-order valence-corrected chi connectivity index (χ0v) is 22.2. The smallest absolute Gasteiger partial charge is 0.222 e. The number of aliphatic hydroxyl groups is 1. The van der Waals surface area contributed by atoms with Gasteiger partial charge in [0.05, 0.1) is 37.6 Å². The van der Waals surface area contributed by atoms with Gasteiger partial charge in [-0.3, -0.25) is 4.90 Å². The van der Waals surface area contributed by atoms with Crippen LogP contribution in [0.3, 0.4) is 0 Å². The van der Waals surface area contributed by atoms with Crippen LogP contribution in [0.5, 0.6) is 17.4 Å². The van der Waals surface area contributed by atoms with Crippen LogP contribution in [0.4, 0.5) is 0 Å². The highest BCUT2D eigenvalue weighted by Crippen LogP contribution is 2.34. The van der Waals surface area contributed by atoms with Gasteiger partial charge in [-0.25, -0.2) is 4.68 Å². The number of nitrogens with zero attached hydrogens (tertiary/aromatic N) is 3. The summed E-state index contributed by atoms with van der Waals surface area (Å²) < 4.78 is 24.5. The van der Waals surface area contributed by atoms with Crippen molar-refractivity contribution in [3.63, 3.8) is 0 Å². The van der Waals surface area contributed by atoms with Crippen LogP contribution < -0.4 is 9.47 Å². The molecule has 0 saturated carbocycles. The van der Waals surface area contributed by atoms with Gasteiger partial charge in [-0.05, 0) is 45.0 Å². The first-order valence-electron chi connectivity index (χ1n) is 12.2. The van der Waals surface area contributed by atoms with Gasteiger partial charge in [-0.15, -0.1) is 0 Å². The largest absolute Gasteiger partial charge is 0.497 e. The fraction of sp³-hybridized carbons (Fsp3) is 0.464. The molecule has 0 amide bonds. The van der Waals surface area contributed by atoms with Crippen LogP contribution in [-0.4, -0.2) is 72.0 Å². The van der Waals surface area contributed by atoms with Crippen molar-refractivity contribution in [1.82, 2.24) is 14.7 Å². The molecule has 3 rings (SSSR count). The molecule has 0 spiro atoms. The molecule has 0 aliphatic rings. The third kappa shape index (κ3) is 8.06. The molecule has 0 aliphatic heterocycles. The zero-order valence-electron chi connectivity index (χ0n) is 22.2. The van der Waals surface area contributed by atoms with E-state index in [2.05, 4.69) is 4.90 Å². The number of aryl methyl sites for hydroxylation is 1. The summed E-state index contributed by atoms with van der Waals surface area (Å²) in [6, 6.07) is 17.5. The Labute approximate surface area is 214 Å². The third-order valence-electron chi connectivity index (χ3n) is 5.58. The van der Waals surface area contributed by atoms with Crippen molar-refractivity contribution in [3.8, 4) is 28.6 Å². The van der Waals surface area contributed by atoms with E-state index in [0.717, 1.165) is 22.6 Å². The molecule has 36 heavy (non-hydrogen) atoms. The van der Waals surface area contributed by atoms with Gasteiger partial charge in [0.1, 0.15) is 17.2 Å². The van der Waals surface area contributed by atoms with E-state index in [1.807, 2.05) is 82.4 Å². The van der Waals surface area contributed by atoms with E-state index in [4.69, 9.17) is 24.0 Å². The Morgan fingerprint density at radius 3 is 2.28 bits per heavy atom. The van der Waals surface area contributed by atoms with Crippen molar-refractivity contribution >= 4 is 0 Å². The molecule has 8 nitrogen and oxygen atoms in total. The highest BCUT2D eigenvalue weighted by atomic mass is 16.5. The second-order valence-electron chi connectivity index (χ2n) is 9.70. The summed E-state index contributed by atoms with van der Waals surface area (Å²) in [4.78, 5) is 2.14. The van der Waals surface area contributed by atoms with E-state index in [-0.39, 0.29) is 12.2 Å². The van der Waals surface area contributed by atoms with Crippen molar-refractivity contribution in [2.45, 2.75) is 39.0 Å². The zero-order chi connectivity index (χ0) is 26.1. The predicted octanol–water partition coefficient (Wildman–Crippen LogP) is 4.51. The Morgan fingerprint density at radius 2 is 1.67 bits per heavy atom. The first-order chi connectivity index (χ1) is 17.2. The fourth-order valence-corrected chi connectivity index (χ4v) is 3.78. The van der Waals surface area contributed by atoms with E-state index >= 15 is 0 Å². The summed E-state index contributed by atoms with van der Waals surface area (Å²) in [5.41, 5.74) is 2.45. The number of methoxy groups -OCH3 is 2. The number of hydrogen-bond acceptors (Lipinski definition) is 7. The fourth-order valence-electron chi connectivity index (χ4n) is 3.78. The topological polar surface area (TPSA) is 78.2 Å². The summed E-state index contributed by atoms with van der Waals surface area (Å²) in [5.74, 6) is 2.08. The maximum atomic E-state index is 10.7. The number of aromatic nitrogens is 2. The van der Waals surface area contributed by atoms with Gasteiger partial charge in [0.2, 0.25) is 5.88 Å². The molecular formula is C28H39N3O5. The van der Waals surface area contributed by atoms with Crippen molar-refractivity contribution in [3.05, 3.63) is 60.2 Å². The summed E-state index contributed by atoms with van der Waals surface area (Å²) in [6.07, 6.45) is -0.649. The normalized spacial score (nSPS) is 12.7. The van der Waals surface area contributed by atoms with Gasteiger partial charge in [0.15, 0.2) is 0 Å².